The molecule has 3 atom stereocenters. The van der Waals surface area contributed by atoms with Crippen molar-refractivity contribution < 1.29 is 23.5 Å². The van der Waals surface area contributed by atoms with Crippen molar-refractivity contribution in [1.29, 1.82) is 0 Å². The molecule has 22 heavy (non-hydrogen) atoms. The van der Waals surface area contributed by atoms with E-state index in [0.717, 1.165) is 31.4 Å². The molecule has 1 N–H and O–H groups in total. The molecule has 1 aromatic carbocycles. The summed E-state index contributed by atoms with van der Waals surface area (Å²) in [6.45, 7) is 0.449. The highest BCUT2D eigenvalue weighted by molar-refractivity contribution is 5.86. The number of nitrogens with zero attached hydrogens (tertiary/aromatic N) is 1. The van der Waals surface area contributed by atoms with E-state index in [9.17, 15) is 23.5 Å². The molecule has 3 rings (SSSR count). The zero-order valence-corrected chi connectivity index (χ0v) is 12.0. The molecule has 2 aliphatic rings. The van der Waals surface area contributed by atoms with Gasteiger partial charge in [0.15, 0.2) is 11.6 Å². The summed E-state index contributed by atoms with van der Waals surface area (Å²) in [5.74, 6) is -3.02. The first-order valence-corrected chi connectivity index (χ1v) is 7.43. The van der Waals surface area contributed by atoms with Crippen molar-refractivity contribution in [1.82, 2.24) is 4.90 Å². The second-order valence-electron chi connectivity index (χ2n) is 6.11. The van der Waals surface area contributed by atoms with Gasteiger partial charge in [-0.2, -0.15) is 0 Å². The monoisotopic (exact) mass is 309 g/mol. The normalized spacial score (nSPS) is 27.0. The van der Waals surface area contributed by atoms with Gasteiger partial charge in [0.1, 0.15) is 6.04 Å². The Morgan fingerprint density at radius 2 is 2.00 bits per heavy atom. The van der Waals surface area contributed by atoms with Gasteiger partial charge in [-0.25, -0.2) is 13.6 Å². The van der Waals surface area contributed by atoms with Gasteiger partial charge in [0.25, 0.3) is 0 Å². The van der Waals surface area contributed by atoms with Crippen molar-refractivity contribution in [2.24, 2.45) is 11.8 Å². The quantitative estimate of drug-likeness (QED) is 0.931. The summed E-state index contributed by atoms with van der Waals surface area (Å²) in [4.78, 5) is 25.3. The molecule has 118 valence electrons. The average molecular weight is 309 g/mol. The van der Waals surface area contributed by atoms with Crippen molar-refractivity contribution in [3.05, 3.63) is 35.4 Å². The van der Waals surface area contributed by atoms with Crippen LogP contribution in [0, 0.1) is 23.5 Å². The van der Waals surface area contributed by atoms with Crippen LogP contribution in [-0.4, -0.2) is 34.5 Å². The molecule has 1 saturated carbocycles. The second kappa shape index (κ2) is 5.66. The van der Waals surface area contributed by atoms with E-state index in [-0.39, 0.29) is 24.2 Å². The fourth-order valence-corrected chi connectivity index (χ4v) is 3.80. The molecule has 1 heterocycles. The summed E-state index contributed by atoms with van der Waals surface area (Å²) >= 11 is 0. The summed E-state index contributed by atoms with van der Waals surface area (Å²) in [6, 6.07) is 2.53. The van der Waals surface area contributed by atoms with E-state index >= 15 is 0 Å². The lowest BCUT2D eigenvalue weighted by atomic mass is 9.94. The highest BCUT2D eigenvalue weighted by atomic mass is 19.2. The Hall–Kier alpha value is -1.98. The topological polar surface area (TPSA) is 57.6 Å². The molecule has 0 spiro atoms. The molecule has 1 aliphatic heterocycles. The van der Waals surface area contributed by atoms with Crippen LogP contribution >= 0.6 is 0 Å². The number of carbonyl (C=O) groups excluding carboxylic acids is 1. The maximum absolute atomic E-state index is 13.2. The zero-order valence-electron chi connectivity index (χ0n) is 12.0. The van der Waals surface area contributed by atoms with Crippen LogP contribution in [0.5, 0.6) is 0 Å². The van der Waals surface area contributed by atoms with Crippen molar-refractivity contribution in [2.45, 2.75) is 31.7 Å². The van der Waals surface area contributed by atoms with Gasteiger partial charge < -0.3 is 10.0 Å². The van der Waals surface area contributed by atoms with Gasteiger partial charge >= 0.3 is 5.97 Å². The first-order chi connectivity index (χ1) is 10.5. The smallest absolute Gasteiger partial charge is 0.326 e. The van der Waals surface area contributed by atoms with Crippen LogP contribution in [0.1, 0.15) is 24.8 Å². The Labute approximate surface area is 126 Å². The lowest BCUT2D eigenvalue weighted by molar-refractivity contribution is -0.149. The van der Waals surface area contributed by atoms with Crippen molar-refractivity contribution >= 4 is 11.9 Å². The maximum Gasteiger partial charge on any atom is 0.326 e. The van der Waals surface area contributed by atoms with Crippen molar-refractivity contribution in [3.63, 3.8) is 0 Å². The molecular formula is C16H17F2NO3. The molecule has 4 nitrogen and oxygen atoms in total. The molecule has 1 saturated heterocycles. The van der Waals surface area contributed by atoms with Gasteiger partial charge in [0.05, 0.1) is 6.42 Å². The third kappa shape index (κ3) is 2.58. The minimum absolute atomic E-state index is 0.0198. The van der Waals surface area contributed by atoms with Gasteiger partial charge in [-0.1, -0.05) is 12.5 Å². The first kappa shape index (κ1) is 14.9. The van der Waals surface area contributed by atoms with Crippen LogP contribution in [0.4, 0.5) is 8.78 Å². The van der Waals surface area contributed by atoms with E-state index in [0.29, 0.717) is 12.1 Å². The molecular weight excluding hydrogens is 292 g/mol. The largest absolute Gasteiger partial charge is 0.480 e. The molecule has 0 radical (unpaired) electrons. The lowest BCUT2D eigenvalue weighted by Crippen LogP contribution is -2.43. The molecule has 1 aliphatic carbocycles. The van der Waals surface area contributed by atoms with E-state index in [4.69, 9.17) is 0 Å². The van der Waals surface area contributed by atoms with E-state index in [1.165, 1.54) is 11.0 Å². The Morgan fingerprint density at radius 3 is 2.68 bits per heavy atom. The highest BCUT2D eigenvalue weighted by Gasteiger charge is 2.49. The number of carboxylic acid groups (broad SMARTS) is 1. The molecule has 2 fully saturated rings. The Bertz CT molecular complexity index is 619. The number of hydrogen-bond donors (Lipinski definition) is 1. The SMILES string of the molecule is O=C(O)C1C2CCCC2CN1C(=O)Cc1ccc(F)c(F)c1. The maximum atomic E-state index is 13.2. The number of rotatable bonds is 3. The summed E-state index contributed by atoms with van der Waals surface area (Å²) < 4.78 is 26.1. The zero-order chi connectivity index (χ0) is 15.9. The van der Waals surface area contributed by atoms with Crippen molar-refractivity contribution in [2.75, 3.05) is 6.54 Å². The van der Waals surface area contributed by atoms with Crippen LogP contribution in [0.15, 0.2) is 18.2 Å². The van der Waals surface area contributed by atoms with E-state index < -0.39 is 23.6 Å². The van der Waals surface area contributed by atoms with Crippen LogP contribution in [0.25, 0.3) is 0 Å². The lowest BCUT2D eigenvalue weighted by Gasteiger charge is -2.24. The average Bonchev–Trinajstić information content (AvgIpc) is 3.02. The number of carbonyl (C=O) groups is 2. The van der Waals surface area contributed by atoms with Gasteiger partial charge in [-0.15, -0.1) is 0 Å². The summed E-state index contributed by atoms with van der Waals surface area (Å²) in [5.41, 5.74) is 0.352. The van der Waals surface area contributed by atoms with Crippen LogP contribution < -0.4 is 0 Å². The number of halogens is 2. The van der Waals surface area contributed by atoms with Gasteiger partial charge in [-0.05, 0) is 42.4 Å². The predicted octanol–water partition coefficient (Wildman–Crippen LogP) is 2.22. The number of hydrogen-bond acceptors (Lipinski definition) is 2. The summed E-state index contributed by atoms with van der Waals surface area (Å²) in [6.07, 6.45) is 2.67. The van der Waals surface area contributed by atoms with E-state index in [2.05, 4.69) is 0 Å². The minimum Gasteiger partial charge on any atom is -0.480 e. The minimum atomic E-state index is -1.00. The van der Waals surface area contributed by atoms with Crippen LogP contribution in [0.3, 0.4) is 0 Å². The number of likely N-dealkylation sites (tertiary alicyclic amines) is 1. The molecule has 0 aromatic heterocycles. The van der Waals surface area contributed by atoms with Crippen LogP contribution in [0.2, 0.25) is 0 Å². The summed E-state index contributed by atoms with van der Waals surface area (Å²) in [7, 11) is 0. The first-order valence-electron chi connectivity index (χ1n) is 7.43. The third-order valence-corrected chi connectivity index (χ3v) is 4.80. The Balaban J connectivity index is 1.76. The number of aliphatic carboxylic acids is 1. The fraction of sp³-hybridized carbons (Fsp3) is 0.500. The number of carboxylic acids is 1. The standard InChI is InChI=1S/C16H17F2NO3/c17-12-5-4-9(6-13(12)18)7-14(20)19-8-10-2-1-3-11(10)15(19)16(21)22/h4-6,10-11,15H,1-3,7-8H2,(H,21,22). The van der Waals surface area contributed by atoms with Gasteiger partial charge in [0.2, 0.25) is 5.91 Å². The predicted molar refractivity (Wildman–Crippen MR) is 74.0 cm³/mol. The number of fused-ring (bicyclic) bond motifs is 1. The molecule has 1 aromatic rings. The number of amides is 1. The third-order valence-electron chi connectivity index (χ3n) is 4.80. The van der Waals surface area contributed by atoms with E-state index in [1.54, 1.807) is 0 Å². The van der Waals surface area contributed by atoms with Crippen LogP contribution in [-0.2, 0) is 16.0 Å². The molecule has 3 unspecified atom stereocenters. The van der Waals surface area contributed by atoms with Gasteiger partial charge in [0, 0.05) is 6.54 Å². The second-order valence-corrected chi connectivity index (χ2v) is 6.11. The molecule has 1 amide bonds. The summed E-state index contributed by atoms with van der Waals surface area (Å²) in [5, 5.41) is 9.42. The highest BCUT2D eigenvalue weighted by Crippen LogP contribution is 2.42. The van der Waals surface area contributed by atoms with Gasteiger partial charge in [-0.3, -0.25) is 4.79 Å². The Kier molecular flexibility index (Phi) is 3.85. The van der Waals surface area contributed by atoms with Crippen molar-refractivity contribution in [3.8, 4) is 0 Å². The molecule has 0 bridgehead atoms. The van der Waals surface area contributed by atoms with E-state index in [1.807, 2.05) is 0 Å². The Morgan fingerprint density at radius 1 is 1.23 bits per heavy atom. The number of benzene rings is 1. The molecule has 6 heteroatoms. The fourth-order valence-electron chi connectivity index (χ4n) is 3.80.